The first-order valence-electron chi connectivity index (χ1n) is 8.00. The van der Waals surface area contributed by atoms with E-state index in [4.69, 9.17) is 9.47 Å². The molecule has 0 bridgehead atoms. The van der Waals surface area contributed by atoms with Crippen LogP contribution in [0.5, 0.6) is 0 Å². The highest BCUT2D eigenvalue weighted by molar-refractivity contribution is 5.81. The van der Waals surface area contributed by atoms with Gasteiger partial charge in [0.05, 0.1) is 7.11 Å². The van der Waals surface area contributed by atoms with Crippen molar-refractivity contribution in [2.24, 2.45) is 0 Å². The zero-order chi connectivity index (χ0) is 15.9. The van der Waals surface area contributed by atoms with Crippen molar-refractivity contribution in [2.45, 2.75) is 63.6 Å². The third-order valence-corrected chi connectivity index (χ3v) is 4.35. The highest BCUT2D eigenvalue weighted by Crippen LogP contribution is 2.32. The lowest BCUT2D eigenvalue weighted by Gasteiger charge is -2.43. The molecule has 21 heavy (non-hydrogen) atoms. The van der Waals surface area contributed by atoms with Crippen molar-refractivity contribution >= 4 is 5.97 Å². The number of nitrogens with zero attached hydrogens (tertiary/aromatic N) is 1. The Balaban J connectivity index is 2.71. The molecule has 0 aromatic heterocycles. The number of rotatable bonds is 8. The van der Waals surface area contributed by atoms with Crippen LogP contribution in [0, 0.1) is 0 Å². The van der Waals surface area contributed by atoms with Crippen molar-refractivity contribution in [1.82, 2.24) is 10.2 Å². The van der Waals surface area contributed by atoms with Crippen LogP contribution in [0.15, 0.2) is 0 Å². The highest BCUT2D eigenvalue weighted by Gasteiger charge is 2.44. The van der Waals surface area contributed by atoms with Crippen molar-refractivity contribution in [2.75, 3.05) is 34.4 Å². The number of ether oxygens (including phenoxy) is 2. The van der Waals surface area contributed by atoms with Crippen molar-refractivity contribution in [3.8, 4) is 0 Å². The van der Waals surface area contributed by atoms with E-state index in [0.717, 1.165) is 45.3 Å². The second kappa shape index (κ2) is 8.71. The first-order valence-corrected chi connectivity index (χ1v) is 8.00. The molecule has 0 saturated heterocycles. The summed E-state index contributed by atoms with van der Waals surface area (Å²) in [4.78, 5) is 14.7. The molecule has 0 aromatic rings. The molecule has 0 heterocycles. The van der Waals surface area contributed by atoms with Gasteiger partial charge >= 0.3 is 5.97 Å². The standard InChI is InChI=1S/C16H32N2O3/c1-13(2)17-16(15(19)21-5)9-6-8-14(12-16)18(3)10-7-11-20-4/h13-14,17H,6-12H2,1-5H3. The molecule has 1 N–H and O–H groups in total. The minimum absolute atomic E-state index is 0.119. The van der Waals surface area contributed by atoms with E-state index in [2.05, 4.69) is 31.1 Å². The van der Waals surface area contributed by atoms with Crippen molar-refractivity contribution in [3.63, 3.8) is 0 Å². The summed E-state index contributed by atoms with van der Waals surface area (Å²) in [5.74, 6) is -0.119. The Morgan fingerprint density at radius 1 is 1.43 bits per heavy atom. The number of nitrogens with one attached hydrogen (secondary N) is 1. The third kappa shape index (κ3) is 5.24. The lowest BCUT2D eigenvalue weighted by molar-refractivity contribution is -0.151. The largest absolute Gasteiger partial charge is 0.468 e. The van der Waals surface area contributed by atoms with Crippen LogP contribution < -0.4 is 5.32 Å². The van der Waals surface area contributed by atoms with Gasteiger partial charge in [0.2, 0.25) is 0 Å². The van der Waals surface area contributed by atoms with Gasteiger partial charge in [0.15, 0.2) is 0 Å². The summed E-state index contributed by atoms with van der Waals surface area (Å²) in [5.41, 5.74) is -0.526. The molecule has 0 aromatic carbocycles. The van der Waals surface area contributed by atoms with E-state index in [1.165, 1.54) is 7.11 Å². The number of esters is 1. The van der Waals surface area contributed by atoms with Crippen molar-refractivity contribution in [3.05, 3.63) is 0 Å². The van der Waals surface area contributed by atoms with Crippen LogP contribution in [0.2, 0.25) is 0 Å². The van der Waals surface area contributed by atoms with Crippen LogP contribution in [-0.4, -0.2) is 62.9 Å². The summed E-state index contributed by atoms with van der Waals surface area (Å²) in [6.07, 6.45) is 4.89. The maximum Gasteiger partial charge on any atom is 0.326 e. The Morgan fingerprint density at radius 2 is 2.14 bits per heavy atom. The molecule has 0 spiro atoms. The summed E-state index contributed by atoms with van der Waals surface area (Å²) in [6.45, 7) is 5.94. The van der Waals surface area contributed by atoms with Gasteiger partial charge < -0.3 is 14.4 Å². The average Bonchev–Trinajstić information content (AvgIpc) is 2.46. The molecule has 2 atom stereocenters. The molecule has 1 aliphatic rings. The van der Waals surface area contributed by atoms with E-state index in [-0.39, 0.29) is 12.0 Å². The van der Waals surface area contributed by atoms with Gasteiger partial charge in [-0.1, -0.05) is 0 Å². The third-order valence-electron chi connectivity index (χ3n) is 4.35. The minimum Gasteiger partial charge on any atom is -0.468 e. The van der Waals surface area contributed by atoms with Crippen molar-refractivity contribution < 1.29 is 14.3 Å². The number of carbonyl (C=O) groups excluding carboxylic acids is 1. The normalized spacial score (nSPS) is 26.3. The predicted molar refractivity (Wildman–Crippen MR) is 84.4 cm³/mol. The molecule has 0 amide bonds. The monoisotopic (exact) mass is 300 g/mol. The maximum absolute atomic E-state index is 12.3. The SMILES string of the molecule is COCCCN(C)C1CCCC(NC(C)C)(C(=O)OC)C1. The fourth-order valence-corrected chi connectivity index (χ4v) is 3.39. The molecular weight excluding hydrogens is 268 g/mol. The second-order valence-corrected chi connectivity index (χ2v) is 6.45. The molecule has 0 radical (unpaired) electrons. The van der Waals surface area contributed by atoms with Gasteiger partial charge in [0.25, 0.3) is 0 Å². The number of hydrogen-bond donors (Lipinski definition) is 1. The van der Waals surface area contributed by atoms with Gasteiger partial charge in [-0.05, 0) is 53.0 Å². The van der Waals surface area contributed by atoms with E-state index in [9.17, 15) is 4.79 Å². The van der Waals surface area contributed by atoms with Gasteiger partial charge in [0, 0.05) is 32.3 Å². The Hall–Kier alpha value is -0.650. The first kappa shape index (κ1) is 18.4. The Labute approximate surface area is 129 Å². The van der Waals surface area contributed by atoms with E-state index >= 15 is 0 Å². The topological polar surface area (TPSA) is 50.8 Å². The summed E-state index contributed by atoms with van der Waals surface area (Å²) >= 11 is 0. The summed E-state index contributed by atoms with van der Waals surface area (Å²) in [7, 11) is 5.36. The molecule has 124 valence electrons. The van der Waals surface area contributed by atoms with Gasteiger partial charge in [0.1, 0.15) is 5.54 Å². The predicted octanol–water partition coefficient (Wildman–Crippen LogP) is 1.81. The molecule has 1 fully saturated rings. The number of carbonyl (C=O) groups is 1. The van der Waals surface area contributed by atoms with Crippen LogP contribution in [0.25, 0.3) is 0 Å². The maximum atomic E-state index is 12.3. The van der Waals surface area contributed by atoms with Gasteiger partial charge in [-0.15, -0.1) is 0 Å². The van der Waals surface area contributed by atoms with Gasteiger partial charge in [-0.25, -0.2) is 0 Å². The molecule has 0 aliphatic heterocycles. The lowest BCUT2D eigenvalue weighted by atomic mass is 9.78. The second-order valence-electron chi connectivity index (χ2n) is 6.45. The first-order chi connectivity index (χ1) is 9.95. The van der Waals surface area contributed by atoms with Crippen molar-refractivity contribution in [1.29, 1.82) is 0 Å². The van der Waals surface area contributed by atoms with Gasteiger partial charge in [-0.2, -0.15) is 0 Å². The van der Waals surface area contributed by atoms with E-state index in [0.29, 0.717) is 6.04 Å². The van der Waals surface area contributed by atoms with Crippen LogP contribution in [0.4, 0.5) is 0 Å². The molecule has 1 aliphatic carbocycles. The lowest BCUT2D eigenvalue weighted by Crippen LogP contribution is -2.60. The molecular formula is C16H32N2O3. The zero-order valence-corrected chi connectivity index (χ0v) is 14.3. The van der Waals surface area contributed by atoms with E-state index < -0.39 is 5.54 Å². The van der Waals surface area contributed by atoms with E-state index in [1.54, 1.807) is 7.11 Å². The molecule has 5 nitrogen and oxygen atoms in total. The number of hydrogen-bond acceptors (Lipinski definition) is 5. The van der Waals surface area contributed by atoms with E-state index in [1.807, 2.05) is 0 Å². The molecule has 1 rings (SSSR count). The Morgan fingerprint density at radius 3 is 2.71 bits per heavy atom. The van der Waals surface area contributed by atoms with Crippen LogP contribution in [0.1, 0.15) is 46.0 Å². The minimum atomic E-state index is -0.526. The van der Waals surface area contributed by atoms with Crippen LogP contribution in [-0.2, 0) is 14.3 Å². The van der Waals surface area contributed by atoms with Crippen LogP contribution >= 0.6 is 0 Å². The van der Waals surface area contributed by atoms with Crippen LogP contribution in [0.3, 0.4) is 0 Å². The number of methoxy groups -OCH3 is 2. The molecule has 1 saturated carbocycles. The average molecular weight is 300 g/mol. The Kier molecular flexibility index (Phi) is 7.63. The summed E-state index contributed by atoms with van der Waals surface area (Å²) < 4.78 is 10.2. The smallest absolute Gasteiger partial charge is 0.326 e. The molecule has 5 heteroatoms. The summed E-state index contributed by atoms with van der Waals surface area (Å²) in [5, 5.41) is 3.47. The van der Waals surface area contributed by atoms with Gasteiger partial charge in [-0.3, -0.25) is 10.1 Å². The fraction of sp³-hybridized carbons (Fsp3) is 0.938. The fourth-order valence-electron chi connectivity index (χ4n) is 3.39. The highest BCUT2D eigenvalue weighted by atomic mass is 16.5. The summed E-state index contributed by atoms with van der Waals surface area (Å²) in [6, 6.07) is 0.683. The quantitative estimate of drug-likeness (QED) is 0.547. The Bertz CT molecular complexity index is 323. The zero-order valence-electron chi connectivity index (χ0n) is 14.3. The molecule has 2 unspecified atom stereocenters.